The number of rotatable bonds is 1. The quantitative estimate of drug-likeness (QED) is 0.750. The maximum Gasteiger partial charge on any atom is 0.180 e. The first-order valence-corrected chi connectivity index (χ1v) is 4.13. The topological polar surface area (TPSA) is 54.5 Å². The molecule has 0 saturated carbocycles. The average molecular weight is 225 g/mol. The molecule has 0 unspecified atom stereocenters. The summed E-state index contributed by atoms with van der Waals surface area (Å²) in [4.78, 5) is 8.01. The molecule has 2 heterocycles. The van der Waals surface area contributed by atoms with Crippen LogP contribution in [0.25, 0.3) is 11.4 Å². The van der Waals surface area contributed by atoms with Gasteiger partial charge in [-0.05, 0) is 28.1 Å². The van der Waals surface area contributed by atoms with Gasteiger partial charge in [0, 0.05) is 11.8 Å². The Labute approximate surface area is 77.2 Å². The number of nitrogens with one attached hydrogen (secondary N) is 1. The highest BCUT2D eigenvalue weighted by Gasteiger charge is 2.00. The second-order valence-corrected chi connectivity index (χ2v) is 3.00. The summed E-state index contributed by atoms with van der Waals surface area (Å²) in [7, 11) is 0. The Balaban J connectivity index is 2.48. The van der Waals surface area contributed by atoms with Crippen LogP contribution in [-0.4, -0.2) is 20.2 Å². The van der Waals surface area contributed by atoms with Crippen molar-refractivity contribution in [1.29, 1.82) is 0 Å². The van der Waals surface area contributed by atoms with Crippen LogP contribution < -0.4 is 0 Å². The van der Waals surface area contributed by atoms with Crippen molar-refractivity contribution in [3.63, 3.8) is 0 Å². The van der Waals surface area contributed by atoms with Gasteiger partial charge in [-0.25, -0.2) is 9.97 Å². The van der Waals surface area contributed by atoms with Crippen LogP contribution in [0.2, 0.25) is 0 Å². The maximum absolute atomic E-state index is 4.01. The van der Waals surface area contributed by atoms with Gasteiger partial charge in [0.05, 0.1) is 0 Å². The van der Waals surface area contributed by atoms with Crippen LogP contribution in [0, 0.1) is 0 Å². The molecule has 0 amide bonds. The monoisotopic (exact) mass is 224 g/mol. The average Bonchev–Trinajstić information content (AvgIpc) is 2.56. The van der Waals surface area contributed by atoms with Crippen molar-refractivity contribution >= 4 is 15.9 Å². The number of halogens is 1. The summed E-state index contributed by atoms with van der Waals surface area (Å²) in [6.07, 6.45) is 3.25. The van der Waals surface area contributed by atoms with E-state index in [1.54, 1.807) is 12.5 Å². The highest BCUT2D eigenvalue weighted by Crippen LogP contribution is 2.16. The number of hydrogen-bond donors (Lipinski definition) is 1. The van der Waals surface area contributed by atoms with Gasteiger partial charge in [0.15, 0.2) is 5.82 Å². The van der Waals surface area contributed by atoms with Gasteiger partial charge in [-0.1, -0.05) is 0 Å². The van der Waals surface area contributed by atoms with Gasteiger partial charge in [-0.15, -0.1) is 0 Å². The zero-order valence-electron chi connectivity index (χ0n) is 6.03. The molecule has 0 bridgehead atoms. The minimum absolute atomic E-state index is 0.679. The number of hydrogen-bond acceptors (Lipinski definition) is 3. The smallest absolute Gasteiger partial charge is 0.180 e. The van der Waals surface area contributed by atoms with E-state index in [1.165, 1.54) is 0 Å². The minimum atomic E-state index is 0.679. The van der Waals surface area contributed by atoms with Crippen molar-refractivity contribution in [2.75, 3.05) is 0 Å². The molecule has 0 atom stereocenters. The summed E-state index contributed by atoms with van der Waals surface area (Å²) in [5.41, 5.74) is 0.943. The van der Waals surface area contributed by atoms with Crippen LogP contribution in [-0.2, 0) is 0 Å². The standard InChI is InChI=1S/C7H5BrN4/c8-6-3-5(1-2-9-6)7-10-4-11-12-7/h1-4H,(H,10,11,12). The number of aromatic amines is 1. The summed E-state index contributed by atoms with van der Waals surface area (Å²) in [5.74, 6) is 0.679. The molecule has 1 N–H and O–H groups in total. The molecule has 2 rings (SSSR count). The predicted octanol–water partition coefficient (Wildman–Crippen LogP) is 1.63. The van der Waals surface area contributed by atoms with Crippen LogP contribution in [0.1, 0.15) is 0 Å². The number of pyridine rings is 1. The molecule has 60 valence electrons. The second-order valence-electron chi connectivity index (χ2n) is 2.19. The van der Waals surface area contributed by atoms with E-state index in [2.05, 4.69) is 36.1 Å². The highest BCUT2D eigenvalue weighted by molar-refractivity contribution is 9.10. The van der Waals surface area contributed by atoms with E-state index in [0.717, 1.165) is 10.2 Å². The molecule has 0 aliphatic heterocycles. The fraction of sp³-hybridized carbons (Fsp3) is 0. The van der Waals surface area contributed by atoms with Crippen LogP contribution >= 0.6 is 15.9 Å². The van der Waals surface area contributed by atoms with Crippen LogP contribution in [0.5, 0.6) is 0 Å². The number of aromatic nitrogens is 4. The Hall–Kier alpha value is -1.23. The van der Waals surface area contributed by atoms with Crippen molar-refractivity contribution in [3.8, 4) is 11.4 Å². The molecule has 0 aromatic carbocycles. The lowest BCUT2D eigenvalue weighted by Crippen LogP contribution is -1.82. The summed E-state index contributed by atoms with van der Waals surface area (Å²) >= 11 is 3.27. The Bertz CT molecular complexity index is 371. The first-order valence-electron chi connectivity index (χ1n) is 3.34. The SMILES string of the molecule is Brc1cc(-c2nc[nH]n2)ccn1. The Morgan fingerprint density at radius 3 is 2.92 bits per heavy atom. The maximum atomic E-state index is 4.01. The van der Waals surface area contributed by atoms with Crippen molar-refractivity contribution in [2.45, 2.75) is 0 Å². The molecule has 0 aliphatic carbocycles. The molecular weight excluding hydrogens is 220 g/mol. The Morgan fingerprint density at radius 1 is 1.33 bits per heavy atom. The lowest BCUT2D eigenvalue weighted by Gasteiger charge is -1.93. The fourth-order valence-electron chi connectivity index (χ4n) is 0.890. The normalized spacial score (nSPS) is 10.1. The molecule has 0 fully saturated rings. The molecule has 0 saturated heterocycles. The van der Waals surface area contributed by atoms with Crippen molar-refractivity contribution in [3.05, 3.63) is 29.3 Å². The summed E-state index contributed by atoms with van der Waals surface area (Å²) in [6, 6.07) is 3.72. The van der Waals surface area contributed by atoms with Crippen LogP contribution in [0.4, 0.5) is 0 Å². The lowest BCUT2D eigenvalue weighted by molar-refractivity contribution is 1.09. The van der Waals surface area contributed by atoms with E-state index < -0.39 is 0 Å². The molecule has 4 nitrogen and oxygen atoms in total. The van der Waals surface area contributed by atoms with Gasteiger partial charge < -0.3 is 0 Å². The first kappa shape index (κ1) is 7.42. The highest BCUT2D eigenvalue weighted by atomic mass is 79.9. The van der Waals surface area contributed by atoms with Crippen LogP contribution in [0.15, 0.2) is 29.3 Å². The molecule has 0 spiro atoms. The molecule has 0 radical (unpaired) electrons. The summed E-state index contributed by atoms with van der Waals surface area (Å²) in [5, 5.41) is 6.59. The first-order chi connectivity index (χ1) is 5.86. The van der Waals surface area contributed by atoms with Crippen LogP contribution in [0.3, 0.4) is 0 Å². The van der Waals surface area contributed by atoms with Gasteiger partial charge in [-0.3, -0.25) is 5.10 Å². The van der Waals surface area contributed by atoms with Crippen molar-refractivity contribution < 1.29 is 0 Å². The predicted molar refractivity (Wildman–Crippen MR) is 47.3 cm³/mol. The fourth-order valence-corrected chi connectivity index (χ4v) is 1.25. The second kappa shape index (κ2) is 3.02. The van der Waals surface area contributed by atoms with Gasteiger partial charge in [0.2, 0.25) is 0 Å². The molecule has 0 aliphatic rings. The third kappa shape index (κ3) is 1.35. The van der Waals surface area contributed by atoms with E-state index in [0.29, 0.717) is 5.82 Å². The van der Waals surface area contributed by atoms with Gasteiger partial charge in [0.25, 0.3) is 0 Å². The molecular formula is C7H5BrN4. The zero-order chi connectivity index (χ0) is 8.39. The van der Waals surface area contributed by atoms with Gasteiger partial charge in [-0.2, -0.15) is 5.10 Å². The van der Waals surface area contributed by atoms with E-state index in [-0.39, 0.29) is 0 Å². The summed E-state index contributed by atoms with van der Waals surface area (Å²) in [6.45, 7) is 0. The minimum Gasteiger partial charge on any atom is -0.265 e. The number of nitrogens with zero attached hydrogens (tertiary/aromatic N) is 3. The Kier molecular flexibility index (Phi) is 1.87. The van der Waals surface area contributed by atoms with Crippen molar-refractivity contribution in [2.24, 2.45) is 0 Å². The third-order valence-electron chi connectivity index (χ3n) is 1.40. The molecule has 2 aromatic heterocycles. The van der Waals surface area contributed by atoms with Crippen molar-refractivity contribution in [1.82, 2.24) is 20.2 Å². The molecule has 12 heavy (non-hydrogen) atoms. The van der Waals surface area contributed by atoms with Gasteiger partial charge in [0.1, 0.15) is 10.9 Å². The van der Waals surface area contributed by atoms with E-state index in [9.17, 15) is 0 Å². The molecule has 5 heteroatoms. The van der Waals surface area contributed by atoms with Gasteiger partial charge >= 0.3 is 0 Å². The Morgan fingerprint density at radius 2 is 2.25 bits per heavy atom. The lowest BCUT2D eigenvalue weighted by atomic mass is 10.3. The van der Waals surface area contributed by atoms with E-state index in [1.807, 2.05) is 12.1 Å². The molecule has 2 aromatic rings. The van der Waals surface area contributed by atoms with E-state index >= 15 is 0 Å². The largest absolute Gasteiger partial charge is 0.265 e. The summed E-state index contributed by atoms with van der Waals surface area (Å²) < 4.78 is 0.782. The third-order valence-corrected chi connectivity index (χ3v) is 1.83. The van der Waals surface area contributed by atoms with E-state index in [4.69, 9.17) is 0 Å². The number of H-pyrrole nitrogens is 1. The zero-order valence-corrected chi connectivity index (χ0v) is 7.62.